The van der Waals surface area contributed by atoms with Gasteiger partial charge in [0.15, 0.2) is 0 Å². The van der Waals surface area contributed by atoms with E-state index in [1.807, 2.05) is 13.8 Å². The third-order valence-corrected chi connectivity index (χ3v) is 2.79. The summed E-state index contributed by atoms with van der Waals surface area (Å²) in [6.07, 6.45) is 0.642. The van der Waals surface area contributed by atoms with Crippen molar-refractivity contribution < 1.29 is 13.6 Å². The van der Waals surface area contributed by atoms with Crippen molar-refractivity contribution in [2.75, 3.05) is 12.4 Å². The first-order valence-electron chi connectivity index (χ1n) is 5.78. The highest BCUT2D eigenvalue weighted by Gasteiger charge is 2.19. The molecule has 1 amide bonds. The molecular formula is C13H16ClF2NO. The first kappa shape index (κ1) is 14.9. The lowest BCUT2D eigenvalue weighted by Gasteiger charge is -2.26. The maximum atomic E-state index is 13.1. The molecule has 2 nitrogen and oxygen atoms in total. The van der Waals surface area contributed by atoms with E-state index in [-0.39, 0.29) is 17.5 Å². The second-order valence-corrected chi connectivity index (χ2v) is 4.67. The number of benzene rings is 1. The first-order valence-corrected chi connectivity index (χ1v) is 6.32. The van der Waals surface area contributed by atoms with Gasteiger partial charge in [0.05, 0.1) is 0 Å². The lowest BCUT2D eigenvalue weighted by molar-refractivity contribution is 0.0705. The fraction of sp³-hybridized carbons (Fsp3) is 0.462. The number of nitrogens with zero attached hydrogens (tertiary/aromatic N) is 1. The predicted molar refractivity (Wildman–Crippen MR) is 67.9 cm³/mol. The van der Waals surface area contributed by atoms with Crippen molar-refractivity contribution in [3.63, 3.8) is 0 Å². The Morgan fingerprint density at radius 2 is 1.83 bits per heavy atom. The smallest absolute Gasteiger partial charge is 0.254 e. The van der Waals surface area contributed by atoms with E-state index in [1.165, 1.54) is 0 Å². The van der Waals surface area contributed by atoms with Crippen LogP contribution in [0.1, 0.15) is 30.6 Å². The van der Waals surface area contributed by atoms with E-state index in [0.717, 1.165) is 18.2 Å². The summed E-state index contributed by atoms with van der Waals surface area (Å²) in [5, 5.41) is 0. The van der Waals surface area contributed by atoms with Gasteiger partial charge >= 0.3 is 0 Å². The standard InChI is InChI=1S/C13H16ClF2NO/c1-9(2)17(5-3-4-14)13(18)10-6-11(15)8-12(16)7-10/h6-9H,3-5H2,1-2H3. The van der Waals surface area contributed by atoms with Crippen molar-refractivity contribution in [1.29, 1.82) is 0 Å². The Bertz CT molecular complexity index is 403. The summed E-state index contributed by atoms with van der Waals surface area (Å²) in [5.41, 5.74) is 0.0239. The minimum Gasteiger partial charge on any atom is -0.336 e. The molecule has 0 aliphatic rings. The van der Waals surface area contributed by atoms with Gasteiger partial charge in [0, 0.05) is 30.1 Å². The van der Waals surface area contributed by atoms with Crippen molar-refractivity contribution >= 4 is 17.5 Å². The molecule has 1 rings (SSSR count). The van der Waals surface area contributed by atoms with Crippen molar-refractivity contribution in [3.8, 4) is 0 Å². The lowest BCUT2D eigenvalue weighted by Crippen LogP contribution is -2.38. The maximum absolute atomic E-state index is 13.1. The molecule has 0 aliphatic heterocycles. The van der Waals surface area contributed by atoms with Crippen molar-refractivity contribution in [3.05, 3.63) is 35.4 Å². The molecule has 0 radical (unpaired) electrons. The average molecular weight is 276 g/mol. The molecular weight excluding hydrogens is 260 g/mol. The predicted octanol–water partition coefficient (Wildman–Crippen LogP) is 3.44. The van der Waals surface area contributed by atoms with Crippen LogP contribution in [-0.4, -0.2) is 29.3 Å². The van der Waals surface area contributed by atoms with Crippen LogP contribution in [0.5, 0.6) is 0 Å². The topological polar surface area (TPSA) is 20.3 Å². The third kappa shape index (κ3) is 3.95. The maximum Gasteiger partial charge on any atom is 0.254 e. The normalized spacial score (nSPS) is 10.8. The molecule has 18 heavy (non-hydrogen) atoms. The monoisotopic (exact) mass is 275 g/mol. The zero-order chi connectivity index (χ0) is 13.7. The Hall–Kier alpha value is -1.16. The van der Waals surface area contributed by atoms with Crippen LogP contribution in [0.25, 0.3) is 0 Å². The van der Waals surface area contributed by atoms with Gasteiger partial charge in [0.1, 0.15) is 11.6 Å². The minimum absolute atomic E-state index is 0.0239. The summed E-state index contributed by atoms with van der Waals surface area (Å²) in [7, 11) is 0. The average Bonchev–Trinajstić information content (AvgIpc) is 2.27. The third-order valence-electron chi connectivity index (χ3n) is 2.53. The largest absolute Gasteiger partial charge is 0.336 e. The molecule has 100 valence electrons. The van der Waals surface area contributed by atoms with E-state index in [0.29, 0.717) is 18.8 Å². The second kappa shape index (κ2) is 6.69. The molecule has 0 saturated carbocycles. The van der Waals surface area contributed by atoms with Gasteiger partial charge in [-0.3, -0.25) is 4.79 Å². The van der Waals surface area contributed by atoms with Crippen molar-refractivity contribution in [2.24, 2.45) is 0 Å². The Labute approximate surface area is 111 Å². The van der Waals surface area contributed by atoms with Crippen LogP contribution in [0.15, 0.2) is 18.2 Å². The Morgan fingerprint density at radius 3 is 2.28 bits per heavy atom. The molecule has 0 aliphatic carbocycles. The van der Waals surface area contributed by atoms with E-state index in [9.17, 15) is 13.6 Å². The van der Waals surface area contributed by atoms with Crippen LogP contribution >= 0.6 is 11.6 Å². The SMILES string of the molecule is CC(C)N(CCCCl)C(=O)c1cc(F)cc(F)c1. The Balaban J connectivity index is 2.94. The zero-order valence-corrected chi connectivity index (χ0v) is 11.2. The van der Waals surface area contributed by atoms with E-state index < -0.39 is 11.6 Å². The van der Waals surface area contributed by atoms with E-state index in [1.54, 1.807) is 4.90 Å². The highest BCUT2D eigenvalue weighted by molar-refractivity contribution is 6.17. The Kier molecular flexibility index (Phi) is 5.54. The molecule has 0 atom stereocenters. The summed E-state index contributed by atoms with van der Waals surface area (Å²) in [5.74, 6) is -1.44. The second-order valence-electron chi connectivity index (χ2n) is 4.29. The summed E-state index contributed by atoms with van der Waals surface area (Å²) in [6.45, 7) is 4.17. The number of carbonyl (C=O) groups excluding carboxylic acids is 1. The minimum atomic E-state index is -0.751. The molecule has 0 saturated heterocycles. The van der Waals surface area contributed by atoms with Crippen LogP contribution in [0.3, 0.4) is 0 Å². The zero-order valence-electron chi connectivity index (χ0n) is 10.4. The molecule has 0 fully saturated rings. The van der Waals surface area contributed by atoms with Gasteiger partial charge in [-0.2, -0.15) is 0 Å². The van der Waals surface area contributed by atoms with Gasteiger partial charge in [-0.25, -0.2) is 8.78 Å². The van der Waals surface area contributed by atoms with Crippen LogP contribution in [0, 0.1) is 11.6 Å². The fourth-order valence-electron chi connectivity index (χ4n) is 1.67. The number of alkyl halides is 1. The summed E-state index contributed by atoms with van der Waals surface area (Å²) >= 11 is 5.59. The summed E-state index contributed by atoms with van der Waals surface area (Å²) in [4.78, 5) is 13.7. The van der Waals surface area contributed by atoms with Gasteiger partial charge in [0.2, 0.25) is 0 Å². The Morgan fingerprint density at radius 1 is 1.28 bits per heavy atom. The number of hydrogen-bond donors (Lipinski definition) is 0. The molecule has 0 aromatic heterocycles. The summed E-state index contributed by atoms with van der Waals surface area (Å²) < 4.78 is 26.1. The number of carbonyl (C=O) groups is 1. The molecule has 1 aromatic carbocycles. The highest BCUT2D eigenvalue weighted by atomic mass is 35.5. The van der Waals surface area contributed by atoms with Crippen molar-refractivity contribution in [1.82, 2.24) is 4.90 Å². The van der Waals surface area contributed by atoms with Gasteiger partial charge in [-0.05, 0) is 32.4 Å². The van der Waals surface area contributed by atoms with Gasteiger partial charge < -0.3 is 4.90 Å². The van der Waals surface area contributed by atoms with Gasteiger partial charge in [-0.1, -0.05) is 0 Å². The molecule has 0 spiro atoms. The quantitative estimate of drug-likeness (QED) is 0.754. The van der Waals surface area contributed by atoms with Crippen LogP contribution in [0.4, 0.5) is 8.78 Å². The lowest BCUT2D eigenvalue weighted by atomic mass is 10.1. The number of amides is 1. The molecule has 0 heterocycles. The van der Waals surface area contributed by atoms with E-state index >= 15 is 0 Å². The fourth-order valence-corrected chi connectivity index (χ4v) is 1.79. The molecule has 1 aromatic rings. The van der Waals surface area contributed by atoms with E-state index in [2.05, 4.69) is 0 Å². The summed E-state index contributed by atoms with van der Waals surface area (Å²) in [6, 6.07) is 2.78. The number of rotatable bonds is 5. The van der Waals surface area contributed by atoms with Crippen LogP contribution in [-0.2, 0) is 0 Å². The molecule has 0 bridgehead atoms. The van der Waals surface area contributed by atoms with E-state index in [4.69, 9.17) is 11.6 Å². The molecule has 5 heteroatoms. The van der Waals surface area contributed by atoms with Crippen molar-refractivity contribution in [2.45, 2.75) is 26.3 Å². The van der Waals surface area contributed by atoms with Gasteiger partial charge in [0.25, 0.3) is 5.91 Å². The number of hydrogen-bond acceptors (Lipinski definition) is 1. The molecule has 0 N–H and O–H groups in total. The number of halogens is 3. The molecule has 0 unspecified atom stereocenters. The van der Waals surface area contributed by atoms with Gasteiger partial charge in [-0.15, -0.1) is 11.6 Å². The van der Waals surface area contributed by atoms with Crippen LogP contribution in [0.2, 0.25) is 0 Å². The van der Waals surface area contributed by atoms with Crippen LogP contribution < -0.4 is 0 Å². The first-order chi connectivity index (χ1) is 8.45. The highest BCUT2D eigenvalue weighted by Crippen LogP contribution is 2.13.